The van der Waals surface area contributed by atoms with Gasteiger partial charge in [-0.15, -0.1) is 0 Å². The van der Waals surface area contributed by atoms with E-state index in [1.165, 1.54) is 0 Å². The van der Waals surface area contributed by atoms with Crippen LogP contribution in [0, 0.1) is 5.92 Å². The predicted molar refractivity (Wildman–Crippen MR) is 67.6 cm³/mol. The van der Waals surface area contributed by atoms with Crippen molar-refractivity contribution in [2.75, 3.05) is 0 Å². The summed E-state index contributed by atoms with van der Waals surface area (Å²) in [5.74, 6) is -0.0678. The molecule has 0 radical (unpaired) electrons. The van der Waals surface area contributed by atoms with Gasteiger partial charge in [-0.1, -0.05) is 31.2 Å². The maximum Gasteiger partial charge on any atom is 0.0850 e. The Hall–Kier alpha value is -1.38. The third-order valence-electron chi connectivity index (χ3n) is 3.87. The van der Waals surface area contributed by atoms with E-state index in [1.54, 1.807) is 0 Å². The van der Waals surface area contributed by atoms with Crippen LogP contribution in [0.3, 0.4) is 0 Å². The number of rotatable bonds is 1. The molecular weight excluding hydrogens is 212 g/mol. The molecule has 2 atom stereocenters. The van der Waals surface area contributed by atoms with Crippen molar-refractivity contribution in [2.24, 2.45) is 5.92 Å². The molecule has 88 valence electrons. The second-order valence-corrected chi connectivity index (χ2v) is 4.79. The molecule has 17 heavy (non-hydrogen) atoms. The highest BCUT2D eigenvalue weighted by Gasteiger charge is 2.37. The summed E-state index contributed by atoms with van der Waals surface area (Å²) in [6, 6.07) is 12.1. The van der Waals surface area contributed by atoms with Gasteiger partial charge in [0.2, 0.25) is 0 Å². The minimum Gasteiger partial charge on any atom is -0.388 e. The molecule has 0 bridgehead atoms. The molecule has 0 spiro atoms. The van der Waals surface area contributed by atoms with E-state index in [-0.39, 0.29) is 5.92 Å². The Bertz CT molecular complexity index is 513. The maximum absolute atomic E-state index is 10.2. The number of hydrogen-bond donors (Lipinski definition) is 2. The lowest BCUT2D eigenvalue weighted by Crippen LogP contribution is -2.10. The summed E-state index contributed by atoms with van der Waals surface area (Å²) in [7, 11) is 0. The molecule has 0 saturated heterocycles. The first-order valence-electron chi connectivity index (χ1n) is 6.11. The second kappa shape index (κ2) is 3.83. The molecule has 1 aliphatic rings. The molecular formula is C15H16O2. The zero-order valence-electron chi connectivity index (χ0n) is 9.80. The van der Waals surface area contributed by atoms with Crippen molar-refractivity contribution in [1.82, 2.24) is 0 Å². The van der Waals surface area contributed by atoms with E-state index in [2.05, 4.69) is 0 Å². The van der Waals surface area contributed by atoms with Crippen molar-refractivity contribution in [3.05, 3.63) is 47.5 Å². The quantitative estimate of drug-likeness (QED) is 0.787. The molecule has 2 unspecified atom stereocenters. The minimum atomic E-state index is -0.533. The fraction of sp³-hybridized carbons (Fsp3) is 0.333. The minimum absolute atomic E-state index is 0.0678. The number of aliphatic hydroxyl groups is 2. The molecule has 0 amide bonds. The first-order chi connectivity index (χ1) is 8.22. The lowest BCUT2D eigenvalue weighted by Gasteiger charge is -2.15. The smallest absolute Gasteiger partial charge is 0.0850 e. The molecule has 2 aromatic rings. The van der Waals surface area contributed by atoms with E-state index in [9.17, 15) is 10.2 Å². The van der Waals surface area contributed by atoms with Crippen molar-refractivity contribution in [3.8, 4) is 0 Å². The summed E-state index contributed by atoms with van der Waals surface area (Å²) in [4.78, 5) is 0. The predicted octanol–water partition coefficient (Wildman–Crippen LogP) is 2.95. The zero-order valence-corrected chi connectivity index (χ0v) is 9.80. The van der Waals surface area contributed by atoms with E-state index in [0.717, 1.165) is 28.3 Å². The van der Waals surface area contributed by atoms with Gasteiger partial charge in [-0.3, -0.25) is 0 Å². The van der Waals surface area contributed by atoms with E-state index >= 15 is 0 Å². The Morgan fingerprint density at radius 2 is 1.41 bits per heavy atom. The monoisotopic (exact) mass is 228 g/mol. The van der Waals surface area contributed by atoms with Crippen molar-refractivity contribution in [1.29, 1.82) is 0 Å². The van der Waals surface area contributed by atoms with Crippen LogP contribution in [0.1, 0.15) is 36.7 Å². The van der Waals surface area contributed by atoms with Gasteiger partial charge in [-0.2, -0.15) is 0 Å². The van der Waals surface area contributed by atoms with Gasteiger partial charge in [0, 0.05) is 5.92 Å². The highest BCUT2D eigenvalue weighted by Crippen LogP contribution is 2.46. The van der Waals surface area contributed by atoms with Gasteiger partial charge in [0.15, 0.2) is 0 Å². The van der Waals surface area contributed by atoms with E-state index in [0.29, 0.717) is 0 Å². The Balaban J connectivity index is 2.22. The average molecular weight is 228 g/mol. The molecule has 0 heterocycles. The van der Waals surface area contributed by atoms with Crippen LogP contribution in [0.15, 0.2) is 36.4 Å². The SMILES string of the molecule is CCC1C(O)c2cc3ccccc3cc2C1O. The van der Waals surface area contributed by atoms with Gasteiger partial charge in [-0.05, 0) is 40.5 Å². The lowest BCUT2D eigenvalue weighted by molar-refractivity contribution is 0.0328. The summed E-state index contributed by atoms with van der Waals surface area (Å²) < 4.78 is 0. The summed E-state index contributed by atoms with van der Waals surface area (Å²) in [5, 5.41) is 22.7. The summed E-state index contributed by atoms with van der Waals surface area (Å²) >= 11 is 0. The molecule has 0 aliphatic heterocycles. The van der Waals surface area contributed by atoms with Crippen LogP contribution in [0.4, 0.5) is 0 Å². The number of benzene rings is 2. The second-order valence-electron chi connectivity index (χ2n) is 4.79. The van der Waals surface area contributed by atoms with Crippen LogP contribution in [0.2, 0.25) is 0 Å². The van der Waals surface area contributed by atoms with Gasteiger partial charge in [-0.25, -0.2) is 0 Å². The first-order valence-corrected chi connectivity index (χ1v) is 6.11. The Kier molecular flexibility index (Phi) is 2.42. The fourth-order valence-corrected chi connectivity index (χ4v) is 2.87. The summed E-state index contributed by atoms with van der Waals surface area (Å²) in [6.45, 7) is 2.00. The molecule has 1 aliphatic carbocycles. The molecule has 2 heteroatoms. The van der Waals surface area contributed by atoms with Gasteiger partial charge in [0.25, 0.3) is 0 Å². The van der Waals surface area contributed by atoms with Crippen molar-refractivity contribution in [3.63, 3.8) is 0 Å². The van der Waals surface area contributed by atoms with Crippen molar-refractivity contribution in [2.45, 2.75) is 25.6 Å². The molecule has 2 aromatic carbocycles. The molecule has 2 nitrogen and oxygen atoms in total. The standard InChI is InChI=1S/C15H16O2/c1-2-11-14(16)12-7-9-5-3-4-6-10(9)8-13(12)15(11)17/h3-8,11,14-17H,2H2,1H3. The molecule has 0 saturated carbocycles. The van der Waals surface area contributed by atoms with Crippen LogP contribution < -0.4 is 0 Å². The number of aliphatic hydroxyl groups excluding tert-OH is 2. The van der Waals surface area contributed by atoms with E-state index in [1.807, 2.05) is 43.3 Å². The molecule has 3 rings (SSSR count). The highest BCUT2D eigenvalue weighted by atomic mass is 16.3. The van der Waals surface area contributed by atoms with Crippen molar-refractivity contribution < 1.29 is 10.2 Å². The van der Waals surface area contributed by atoms with Crippen LogP contribution in [-0.4, -0.2) is 10.2 Å². The van der Waals surface area contributed by atoms with Gasteiger partial charge in [0.05, 0.1) is 12.2 Å². The Morgan fingerprint density at radius 1 is 0.941 bits per heavy atom. The number of fused-ring (bicyclic) bond motifs is 2. The average Bonchev–Trinajstić information content (AvgIpc) is 2.59. The third-order valence-corrected chi connectivity index (χ3v) is 3.87. The normalized spacial score (nSPS) is 27.4. The van der Waals surface area contributed by atoms with Gasteiger partial charge < -0.3 is 10.2 Å². The topological polar surface area (TPSA) is 40.5 Å². The first kappa shape index (κ1) is 10.8. The third kappa shape index (κ3) is 1.48. The summed E-state index contributed by atoms with van der Waals surface area (Å²) in [5.41, 5.74) is 1.78. The van der Waals surface area contributed by atoms with Gasteiger partial charge in [0.1, 0.15) is 0 Å². The Morgan fingerprint density at radius 3 is 1.82 bits per heavy atom. The maximum atomic E-state index is 10.2. The Labute approximate surface area is 101 Å². The molecule has 0 fully saturated rings. The zero-order chi connectivity index (χ0) is 12.0. The van der Waals surface area contributed by atoms with E-state index in [4.69, 9.17) is 0 Å². The number of hydrogen-bond acceptors (Lipinski definition) is 2. The highest BCUT2D eigenvalue weighted by molar-refractivity contribution is 5.84. The van der Waals surface area contributed by atoms with E-state index < -0.39 is 12.2 Å². The lowest BCUT2D eigenvalue weighted by atomic mass is 9.99. The molecule has 2 N–H and O–H groups in total. The summed E-state index contributed by atoms with van der Waals surface area (Å²) in [6.07, 6.45) is -0.280. The van der Waals surface area contributed by atoms with Crippen LogP contribution in [0.25, 0.3) is 10.8 Å². The molecule has 0 aromatic heterocycles. The van der Waals surface area contributed by atoms with Crippen LogP contribution in [-0.2, 0) is 0 Å². The largest absolute Gasteiger partial charge is 0.388 e. The van der Waals surface area contributed by atoms with Crippen LogP contribution in [0.5, 0.6) is 0 Å². The van der Waals surface area contributed by atoms with Crippen molar-refractivity contribution >= 4 is 10.8 Å². The fourth-order valence-electron chi connectivity index (χ4n) is 2.87. The van der Waals surface area contributed by atoms with Crippen LogP contribution >= 0.6 is 0 Å². The van der Waals surface area contributed by atoms with Gasteiger partial charge >= 0.3 is 0 Å².